The number of phenolic OH excluding ortho intramolecular Hbond substituents is 1. The third-order valence-electron chi connectivity index (χ3n) is 8.91. The van der Waals surface area contributed by atoms with Gasteiger partial charge in [0.1, 0.15) is 24.2 Å². The number of carbonyl (C=O) groups excluding carboxylic acids is 1. The van der Waals surface area contributed by atoms with Crippen LogP contribution in [0.1, 0.15) is 24.1 Å². The number of ether oxygens (including phenoxy) is 1. The van der Waals surface area contributed by atoms with E-state index in [2.05, 4.69) is 61.8 Å². The molecular formula is C32H35FIN7O3. The fourth-order valence-corrected chi connectivity index (χ4v) is 7.40. The van der Waals surface area contributed by atoms with E-state index in [0.717, 1.165) is 56.5 Å². The fraction of sp³-hybridized carbons (Fsp3) is 0.438. The minimum Gasteiger partial charge on any atom is -0.508 e. The summed E-state index contributed by atoms with van der Waals surface area (Å²) < 4.78 is 21.2. The summed E-state index contributed by atoms with van der Waals surface area (Å²) in [6.07, 6.45) is 2.84. The maximum absolute atomic E-state index is 13.8. The van der Waals surface area contributed by atoms with Crippen LogP contribution >= 0.6 is 22.6 Å². The number of hydrogen-bond acceptors (Lipinski definition) is 8. The number of phenols is 1. The number of anilines is 2. The minimum atomic E-state index is -1.02. The predicted octanol–water partition coefficient (Wildman–Crippen LogP) is 4.40. The molecule has 230 valence electrons. The first-order valence-electron chi connectivity index (χ1n) is 14.9. The Hall–Kier alpha value is -3.70. The van der Waals surface area contributed by atoms with Crippen molar-refractivity contribution in [3.05, 3.63) is 69.0 Å². The van der Waals surface area contributed by atoms with E-state index >= 15 is 0 Å². The monoisotopic (exact) mass is 715 g/mol. The zero-order valence-electron chi connectivity index (χ0n) is 24.7. The van der Waals surface area contributed by atoms with E-state index in [1.807, 2.05) is 18.2 Å². The summed E-state index contributed by atoms with van der Waals surface area (Å²) in [5.74, 6) is -0.838. The second-order valence-electron chi connectivity index (χ2n) is 11.7. The van der Waals surface area contributed by atoms with Crippen molar-refractivity contribution in [2.45, 2.75) is 37.9 Å². The van der Waals surface area contributed by atoms with Crippen molar-refractivity contribution < 1.29 is 19.0 Å². The Morgan fingerprint density at radius 3 is 2.80 bits per heavy atom. The zero-order valence-corrected chi connectivity index (χ0v) is 26.8. The summed E-state index contributed by atoms with van der Waals surface area (Å²) in [6.45, 7) is 14.4. The molecule has 3 aliphatic rings. The van der Waals surface area contributed by atoms with Crippen molar-refractivity contribution in [1.29, 1.82) is 0 Å². The van der Waals surface area contributed by atoms with E-state index in [9.17, 15) is 14.3 Å². The van der Waals surface area contributed by atoms with Gasteiger partial charge in [-0.25, -0.2) is 11.0 Å². The van der Waals surface area contributed by atoms with Crippen LogP contribution in [0.5, 0.6) is 11.8 Å². The first kappa shape index (κ1) is 30.3. The Morgan fingerprint density at radius 1 is 1.20 bits per heavy atom. The highest BCUT2D eigenvalue weighted by Crippen LogP contribution is 2.38. The van der Waals surface area contributed by atoms with Crippen LogP contribution in [0.25, 0.3) is 15.6 Å². The number of likely N-dealkylation sites (N-methyl/N-ethyl adjacent to an activating group) is 1. The van der Waals surface area contributed by atoms with Crippen molar-refractivity contribution in [3.63, 3.8) is 0 Å². The van der Waals surface area contributed by atoms with Crippen LogP contribution in [0.15, 0.2) is 42.7 Å². The molecule has 2 fully saturated rings. The first-order chi connectivity index (χ1) is 21.2. The van der Waals surface area contributed by atoms with E-state index in [1.54, 1.807) is 6.07 Å². The van der Waals surface area contributed by atoms with Gasteiger partial charge in [0.25, 0.3) is 5.91 Å². The third kappa shape index (κ3) is 5.99. The number of amides is 1. The number of carbonyl (C=O) groups is 1. The van der Waals surface area contributed by atoms with Crippen molar-refractivity contribution in [1.82, 2.24) is 19.8 Å². The summed E-state index contributed by atoms with van der Waals surface area (Å²) in [7, 11) is 2.10. The molecule has 2 aromatic carbocycles. The Kier molecular flexibility index (Phi) is 8.77. The molecule has 0 unspecified atom stereocenters. The van der Waals surface area contributed by atoms with Gasteiger partial charge in [0.15, 0.2) is 5.83 Å². The van der Waals surface area contributed by atoms with Crippen LogP contribution in [0, 0.1) is 10.1 Å². The molecule has 12 heteroatoms. The molecule has 44 heavy (non-hydrogen) atoms. The smallest absolute Gasteiger partial charge is 0.318 e. The van der Waals surface area contributed by atoms with Crippen LogP contribution in [-0.2, 0) is 17.8 Å². The fourth-order valence-electron chi connectivity index (χ4n) is 6.61. The highest BCUT2D eigenvalue weighted by atomic mass is 131. The molecule has 0 bridgehead atoms. The van der Waals surface area contributed by atoms with Gasteiger partial charge >= 0.3 is 6.01 Å². The lowest BCUT2D eigenvalue weighted by molar-refractivity contribution is -0.131. The van der Waals surface area contributed by atoms with Crippen molar-refractivity contribution in [3.8, 4) is 11.8 Å². The molecule has 0 spiro atoms. The van der Waals surface area contributed by atoms with Crippen LogP contribution in [0.4, 0.5) is 15.9 Å². The van der Waals surface area contributed by atoms with Crippen molar-refractivity contribution in [2.24, 2.45) is 0 Å². The summed E-state index contributed by atoms with van der Waals surface area (Å²) in [4.78, 5) is 33.9. The molecule has 1 amide bonds. The van der Waals surface area contributed by atoms with E-state index in [-0.39, 0.29) is 18.8 Å². The lowest BCUT2D eigenvalue weighted by Crippen LogP contribution is -2.57. The standard InChI is InChI=1S/C32H35FIN7O3/c1-20(33)31(43)41-13-12-40(17-23(41)16-35-2)30-25-9-11-39(28-15-24(42)14-21-6-4-8-26(34)29(21)28)18-27(25)36-32(37-30)44-19-22-7-5-10-38(22)3/h4,6,8,14-15,22-23,42H,1,5,7,9-13,16-19H2,3H3/t22-,23-/m0/s1/i34+4. The van der Waals surface area contributed by atoms with Gasteiger partial charge in [-0.15, -0.1) is 0 Å². The normalized spacial score (nSPS) is 20.5. The van der Waals surface area contributed by atoms with Crippen LogP contribution in [0.3, 0.4) is 0 Å². The summed E-state index contributed by atoms with van der Waals surface area (Å²) in [5, 5.41) is 12.6. The molecule has 6 rings (SSSR count). The van der Waals surface area contributed by atoms with E-state index in [0.29, 0.717) is 51.3 Å². The van der Waals surface area contributed by atoms with Gasteiger partial charge < -0.3 is 34.3 Å². The second kappa shape index (κ2) is 12.7. The average molecular weight is 716 g/mol. The highest BCUT2D eigenvalue weighted by Gasteiger charge is 2.36. The number of piperazine rings is 1. The minimum absolute atomic E-state index is 0.0527. The molecule has 1 aromatic heterocycles. The van der Waals surface area contributed by atoms with Gasteiger partial charge in [0.2, 0.25) is 6.54 Å². The molecule has 2 saturated heterocycles. The van der Waals surface area contributed by atoms with Gasteiger partial charge in [-0.2, -0.15) is 9.97 Å². The molecule has 4 heterocycles. The van der Waals surface area contributed by atoms with E-state index in [1.165, 1.54) is 4.90 Å². The molecule has 3 aliphatic heterocycles. The number of halogens is 2. The molecule has 10 nitrogen and oxygen atoms in total. The van der Waals surface area contributed by atoms with Gasteiger partial charge in [-0.3, -0.25) is 4.79 Å². The Morgan fingerprint density at radius 2 is 2.05 bits per heavy atom. The maximum Gasteiger partial charge on any atom is 0.318 e. The van der Waals surface area contributed by atoms with Crippen molar-refractivity contribution in [2.75, 3.05) is 62.7 Å². The number of hydrogen-bond donors (Lipinski definition) is 1. The van der Waals surface area contributed by atoms with Gasteiger partial charge in [-0.05, 0) is 73.0 Å². The molecule has 2 atom stereocenters. The molecular weight excluding hydrogens is 680 g/mol. The first-order valence-corrected chi connectivity index (χ1v) is 15.9. The molecule has 1 N–H and O–H groups in total. The predicted molar refractivity (Wildman–Crippen MR) is 176 cm³/mol. The summed E-state index contributed by atoms with van der Waals surface area (Å²) in [6, 6.07) is 9.76. The molecule has 0 aliphatic carbocycles. The summed E-state index contributed by atoms with van der Waals surface area (Å²) in [5.41, 5.74) is 2.79. The van der Waals surface area contributed by atoms with Crippen LogP contribution in [0.2, 0.25) is 0 Å². The summed E-state index contributed by atoms with van der Waals surface area (Å²) >= 11 is 2.34. The Bertz CT molecular complexity index is 1650. The van der Waals surface area contributed by atoms with Crippen LogP contribution < -0.4 is 14.5 Å². The van der Waals surface area contributed by atoms with Crippen LogP contribution in [-0.4, -0.2) is 95.8 Å². The zero-order chi connectivity index (χ0) is 31.0. The Labute approximate surface area is 270 Å². The SMILES string of the molecule is [C-]#[N+]C[C@H]1CN(c2nc(OC[C@@H]3CCCN3C)nc3c2CCN(c2cc(O)cc4cccc([131I])c24)C3)CCN1C(=O)C(=C)F. The second-order valence-corrected chi connectivity index (χ2v) is 12.8. The molecule has 3 aromatic rings. The molecule has 0 radical (unpaired) electrons. The van der Waals surface area contributed by atoms with Crippen molar-refractivity contribution >= 4 is 50.8 Å². The number of aromatic hydroxyl groups is 1. The number of aromatic nitrogens is 2. The largest absolute Gasteiger partial charge is 0.508 e. The number of nitrogens with zero attached hydrogens (tertiary/aromatic N) is 7. The lowest BCUT2D eigenvalue weighted by atomic mass is 10.0. The van der Waals surface area contributed by atoms with E-state index < -0.39 is 17.8 Å². The number of rotatable bonds is 7. The Balaban J connectivity index is 1.35. The van der Waals surface area contributed by atoms with Gasteiger partial charge in [0, 0.05) is 58.5 Å². The topological polar surface area (TPSA) is 89.6 Å². The lowest BCUT2D eigenvalue weighted by Gasteiger charge is -2.41. The quantitative estimate of drug-likeness (QED) is 0.219. The van der Waals surface area contributed by atoms with Gasteiger partial charge in [-0.1, -0.05) is 18.7 Å². The highest BCUT2D eigenvalue weighted by molar-refractivity contribution is 14.1. The maximum atomic E-state index is 13.8. The van der Waals surface area contributed by atoms with Gasteiger partial charge in [0.05, 0.1) is 12.2 Å². The average Bonchev–Trinajstić information content (AvgIpc) is 3.43. The molecule has 0 saturated carbocycles. The number of fused-ring (bicyclic) bond motifs is 2. The van der Waals surface area contributed by atoms with E-state index in [4.69, 9.17) is 21.3 Å². The number of benzene rings is 2. The third-order valence-corrected chi connectivity index (χ3v) is 9.81. The number of likely N-dealkylation sites (tertiary alicyclic amines) is 1.